The summed E-state index contributed by atoms with van der Waals surface area (Å²) in [6.07, 6.45) is 0. The maximum atomic E-state index is 6.34. The molecule has 19 heavy (non-hydrogen) atoms. The molecular formula is C16H13ClN2. The summed E-state index contributed by atoms with van der Waals surface area (Å²) in [5.74, 6) is 0. The first kappa shape index (κ1) is 12.1. The van der Waals surface area contributed by atoms with E-state index < -0.39 is 0 Å². The Balaban J connectivity index is 2.32. The Morgan fingerprint density at radius 2 is 1.63 bits per heavy atom. The molecule has 0 fully saturated rings. The summed E-state index contributed by atoms with van der Waals surface area (Å²) < 4.78 is 0. The lowest BCUT2D eigenvalue weighted by Gasteiger charge is -2.08. The van der Waals surface area contributed by atoms with Crippen LogP contribution < -0.4 is 0 Å². The van der Waals surface area contributed by atoms with Crippen LogP contribution in [0.3, 0.4) is 0 Å². The van der Waals surface area contributed by atoms with Crippen molar-refractivity contribution in [1.82, 2.24) is 9.97 Å². The lowest BCUT2D eigenvalue weighted by atomic mass is 10.1. The summed E-state index contributed by atoms with van der Waals surface area (Å²) in [5, 5.41) is 0.683. The van der Waals surface area contributed by atoms with Crippen LogP contribution in [0.5, 0.6) is 0 Å². The number of hydrogen-bond acceptors (Lipinski definition) is 2. The smallest absolute Gasteiger partial charge is 0.108 e. The van der Waals surface area contributed by atoms with Gasteiger partial charge in [-0.1, -0.05) is 48.0 Å². The second-order valence-corrected chi connectivity index (χ2v) is 4.97. The van der Waals surface area contributed by atoms with Crippen LogP contribution in [0.2, 0.25) is 5.02 Å². The quantitative estimate of drug-likeness (QED) is 0.646. The van der Waals surface area contributed by atoms with Gasteiger partial charge in [-0.15, -0.1) is 0 Å². The zero-order valence-electron chi connectivity index (χ0n) is 10.8. The van der Waals surface area contributed by atoms with Crippen molar-refractivity contribution in [3.63, 3.8) is 0 Å². The van der Waals surface area contributed by atoms with Crippen molar-refractivity contribution in [3.8, 4) is 11.3 Å². The van der Waals surface area contributed by atoms with Crippen LogP contribution in [0.25, 0.3) is 22.3 Å². The average molecular weight is 269 g/mol. The van der Waals surface area contributed by atoms with Gasteiger partial charge in [-0.3, -0.25) is 0 Å². The number of aromatic nitrogens is 2. The van der Waals surface area contributed by atoms with Crippen molar-refractivity contribution < 1.29 is 0 Å². The molecule has 0 unspecified atom stereocenters. The van der Waals surface area contributed by atoms with E-state index in [4.69, 9.17) is 16.6 Å². The Bertz CT molecular complexity index is 752. The molecular weight excluding hydrogens is 256 g/mol. The molecule has 3 rings (SSSR count). The standard InChI is InChI=1S/C16H13ClN2/c1-10-8-9-13-16(14(10)17)19-15(11(2)18-13)12-6-4-3-5-7-12/h3-9H,1-2H3. The lowest BCUT2D eigenvalue weighted by Crippen LogP contribution is -1.95. The summed E-state index contributed by atoms with van der Waals surface area (Å²) in [6, 6.07) is 14.0. The first-order valence-electron chi connectivity index (χ1n) is 6.15. The van der Waals surface area contributed by atoms with Crippen LogP contribution in [-0.2, 0) is 0 Å². The summed E-state index contributed by atoms with van der Waals surface area (Å²) in [5.41, 5.74) is 5.50. The number of halogens is 1. The Morgan fingerprint density at radius 1 is 0.895 bits per heavy atom. The van der Waals surface area contributed by atoms with Crippen molar-refractivity contribution in [2.24, 2.45) is 0 Å². The van der Waals surface area contributed by atoms with Gasteiger partial charge in [0, 0.05) is 5.56 Å². The van der Waals surface area contributed by atoms with Crippen molar-refractivity contribution >= 4 is 22.6 Å². The van der Waals surface area contributed by atoms with Gasteiger partial charge in [-0.2, -0.15) is 0 Å². The van der Waals surface area contributed by atoms with Gasteiger partial charge in [0.2, 0.25) is 0 Å². The van der Waals surface area contributed by atoms with E-state index in [1.54, 1.807) is 0 Å². The fraction of sp³-hybridized carbons (Fsp3) is 0.125. The highest BCUT2D eigenvalue weighted by Gasteiger charge is 2.10. The van der Waals surface area contributed by atoms with Gasteiger partial charge in [0.25, 0.3) is 0 Å². The van der Waals surface area contributed by atoms with E-state index in [1.165, 1.54) is 0 Å². The highest BCUT2D eigenvalue weighted by molar-refractivity contribution is 6.35. The monoisotopic (exact) mass is 268 g/mol. The largest absolute Gasteiger partial charge is 0.249 e. The van der Waals surface area contributed by atoms with Crippen LogP contribution >= 0.6 is 11.6 Å². The molecule has 0 aliphatic carbocycles. The predicted octanol–water partition coefficient (Wildman–Crippen LogP) is 4.57. The predicted molar refractivity (Wildman–Crippen MR) is 79.5 cm³/mol. The van der Waals surface area contributed by atoms with Crippen LogP contribution in [0.15, 0.2) is 42.5 Å². The van der Waals surface area contributed by atoms with E-state index >= 15 is 0 Å². The molecule has 2 nitrogen and oxygen atoms in total. The van der Waals surface area contributed by atoms with Gasteiger partial charge in [-0.25, -0.2) is 9.97 Å². The molecule has 0 saturated carbocycles. The van der Waals surface area contributed by atoms with E-state index in [0.717, 1.165) is 33.5 Å². The highest BCUT2D eigenvalue weighted by atomic mass is 35.5. The fourth-order valence-electron chi connectivity index (χ4n) is 2.15. The van der Waals surface area contributed by atoms with Crippen LogP contribution in [0, 0.1) is 13.8 Å². The third kappa shape index (κ3) is 2.08. The number of aryl methyl sites for hydroxylation is 2. The normalized spacial score (nSPS) is 10.9. The van der Waals surface area contributed by atoms with Gasteiger partial charge >= 0.3 is 0 Å². The minimum absolute atomic E-state index is 0.683. The molecule has 0 saturated heterocycles. The van der Waals surface area contributed by atoms with Crippen LogP contribution in [0.4, 0.5) is 0 Å². The number of hydrogen-bond donors (Lipinski definition) is 0. The SMILES string of the molecule is Cc1ccc2nc(C)c(-c3ccccc3)nc2c1Cl. The van der Waals surface area contributed by atoms with E-state index in [2.05, 4.69) is 4.98 Å². The van der Waals surface area contributed by atoms with Crippen molar-refractivity contribution in [2.45, 2.75) is 13.8 Å². The van der Waals surface area contributed by atoms with E-state index in [1.807, 2.05) is 56.3 Å². The molecule has 0 atom stereocenters. The number of nitrogens with zero attached hydrogens (tertiary/aromatic N) is 2. The number of benzene rings is 2. The molecule has 0 aliphatic rings. The number of rotatable bonds is 1. The Morgan fingerprint density at radius 3 is 2.37 bits per heavy atom. The van der Waals surface area contributed by atoms with E-state index in [9.17, 15) is 0 Å². The molecule has 0 spiro atoms. The lowest BCUT2D eigenvalue weighted by molar-refractivity contribution is 1.19. The summed E-state index contributed by atoms with van der Waals surface area (Å²) in [6.45, 7) is 3.95. The molecule has 2 aromatic carbocycles. The molecule has 0 N–H and O–H groups in total. The summed E-state index contributed by atoms with van der Waals surface area (Å²) in [7, 11) is 0. The van der Waals surface area contributed by atoms with Gasteiger partial charge in [0.1, 0.15) is 5.52 Å². The summed E-state index contributed by atoms with van der Waals surface area (Å²) >= 11 is 6.34. The minimum Gasteiger partial charge on any atom is -0.249 e. The molecule has 1 heterocycles. The summed E-state index contributed by atoms with van der Waals surface area (Å²) in [4.78, 5) is 9.32. The Hall–Kier alpha value is -1.93. The first-order valence-corrected chi connectivity index (χ1v) is 6.53. The number of fused-ring (bicyclic) bond motifs is 1. The van der Waals surface area contributed by atoms with Gasteiger partial charge in [0.15, 0.2) is 0 Å². The maximum Gasteiger partial charge on any atom is 0.108 e. The zero-order chi connectivity index (χ0) is 13.4. The van der Waals surface area contributed by atoms with Gasteiger partial charge in [-0.05, 0) is 25.5 Å². The molecule has 1 aromatic heterocycles. The van der Waals surface area contributed by atoms with Crippen molar-refractivity contribution in [1.29, 1.82) is 0 Å². The van der Waals surface area contributed by atoms with Crippen LogP contribution in [0.1, 0.15) is 11.3 Å². The average Bonchev–Trinajstić information content (AvgIpc) is 2.44. The highest BCUT2D eigenvalue weighted by Crippen LogP contribution is 2.28. The van der Waals surface area contributed by atoms with E-state index in [0.29, 0.717) is 5.02 Å². The second-order valence-electron chi connectivity index (χ2n) is 4.59. The molecule has 0 bridgehead atoms. The van der Waals surface area contributed by atoms with Crippen molar-refractivity contribution in [3.05, 3.63) is 58.7 Å². The molecule has 0 amide bonds. The minimum atomic E-state index is 0.683. The molecule has 3 heteroatoms. The second kappa shape index (κ2) is 4.63. The third-order valence-corrected chi connectivity index (χ3v) is 3.67. The van der Waals surface area contributed by atoms with E-state index in [-0.39, 0.29) is 0 Å². The van der Waals surface area contributed by atoms with Gasteiger partial charge in [0.05, 0.1) is 21.9 Å². The Labute approximate surface area is 117 Å². The van der Waals surface area contributed by atoms with Crippen LogP contribution in [-0.4, -0.2) is 9.97 Å². The third-order valence-electron chi connectivity index (χ3n) is 3.19. The first-order chi connectivity index (χ1) is 9.16. The van der Waals surface area contributed by atoms with Crippen molar-refractivity contribution in [2.75, 3.05) is 0 Å². The molecule has 3 aromatic rings. The molecule has 0 radical (unpaired) electrons. The maximum absolute atomic E-state index is 6.34. The Kier molecular flexibility index (Phi) is 2.96. The fourth-order valence-corrected chi connectivity index (χ4v) is 2.35. The zero-order valence-corrected chi connectivity index (χ0v) is 11.6. The van der Waals surface area contributed by atoms with Gasteiger partial charge < -0.3 is 0 Å². The molecule has 0 aliphatic heterocycles. The topological polar surface area (TPSA) is 25.8 Å². The molecule has 94 valence electrons.